The third kappa shape index (κ3) is 3.98. The van der Waals surface area contributed by atoms with Gasteiger partial charge in [-0.05, 0) is 53.4 Å². The highest BCUT2D eigenvalue weighted by atomic mass is 16.5. The van der Waals surface area contributed by atoms with Crippen molar-refractivity contribution in [2.45, 2.75) is 20.1 Å². The number of aryl methyl sites for hydroxylation is 1. The summed E-state index contributed by atoms with van der Waals surface area (Å²) in [5.74, 6) is 0.437. The first-order chi connectivity index (χ1) is 12.2. The zero-order valence-corrected chi connectivity index (χ0v) is 14.3. The second kappa shape index (κ2) is 7.81. The molecule has 0 fully saturated rings. The van der Waals surface area contributed by atoms with Crippen LogP contribution in [0.4, 0.5) is 0 Å². The minimum Gasteiger partial charge on any atom is -0.467 e. The molecule has 0 aliphatic carbocycles. The number of hydrogen-bond donors (Lipinski definition) is 0. The summed E-state index contributed by atoms with van der Waals surface area (Å²) in [6, 6.07) is 17.3. The molecule has 0 spiro atoms. The largest absolute Gasteiger partial charge is 0.467 e. The summed E-state index contributed by atoms with van der Waals surface area (Å²) in [5, 5.41) is 0. The minimum absolute atomic E-state index is 0.346. The lowest BCUT2D eigenvalue weighted by Gasteiger charge is -2.13. The highest BCUT2D eigenvalue weighted by Gasteiger charge is 2.15. The van der Waals surface area contributed by atoms with E-state index in [2.05, 4.69) is 0 Å². The normalized spacial score (nSPS) is 10.6. The van der Waals surface area contributed by atoms with E-state index in [9.17, 15) is 4.79 Å². The molecule has 128 valence electrons. The van der Waals surface area contributed by atoms with Gasteiger partial charge < -0.3 is 13.9 Å². The molecule has 0 atom stereocenters. The van der Waals surface area contributed by atoms with Gasteiger partial charge in [0.05, 0.1) is 25.5 Å². The smallest absolute Gasteiger partial charge is 0.338 e. The SMILES string of the molecule is COC(=O)c1ccc(COCc2ccco2)cc1-c1ccccc1C. The van der Waals surface area contributed by atoms with Crippen LogP contribution in [0.2, 0.25) is 0 Å². The molecular formula is C21H20O4. The first-order valence-electron chi connectivity index (χ1n) is 8.06. The molecule has 25 heavy (non-hydrogen) atoms. The van der Waals surface area contributed by atoms with Crippen molar-refractivity contribution in [3.8, 4) is 11.1 Å². The number of methoxy groups -OCH3 is 1. The van der Waals surface area contributed by atoms with E-state index in [1.165, 1.54) is 7.11 Å². The number of rotatable bonds is 6. The van der Waals surface area contributed by atoms with Crippen LogP contribution in [-0.2, 0) is 22.7 Å². The fraction of sp³-hybridized carbons (Fsp3) is 0.190. The van der Waals surface area contributed by atoms with Crippen LogP contribution in [0.3, 0.4) is 0 Å². The number of furan rings is 1. The Labute approximate surface area is 147 Å². The molecule has 0 saturated carbocycles. The molecule has 0 N–H and O–H groups in total. The van der Waals surface area contributed by atoms with E-state index in [1.807, 2.05) is 55.5 Å². The average molecular weight is 336 g/mol. The zero-order chi connectivity index (χ0) is 17.6. The van der Waals surface area contributed by atoms with Gasteiger partial charge in [0.15, 0.2) is 0 Å². The van der Waals surface area contributed by atoms with Gasteiger partial charge in [0.2, 0.25) is 0 Å². The topological polar surface area (TPSA) is 48.7 Å². The van der Waals surface area contributed by atoms with E-state index in [-0.39, 0.29) is 5.97 Å². The van der Waals surface area contributed by atoms with Gasteiger partial charge in [0.1, 0.15) is 12.4 Å². The molecule has 2 aromatic carbocycles. The van der Waals surface area contributed by atoms with Crippen molar-refractivity contribution in [3.05, 3.63) is 83.3 Å². The first kappa shape index (κ1) is 17.0. The third-order valence-corrected chi connectivity index (χ3v) is 4.02. The number of carbonyl (C=O) groups excluding carboxylic acids is 1. The van der Waals surface area contributed by atoms with Gasteiger partial charge >= 0.3 is 5.97 Å². The maximum atomic E-state index is 12.1. The van der Waals surface area contributed by atoms with Crippen LogP contribution in [-0.4, -0.2) is 13.1 Å². The summed E-state index contributed by atoms with van der Waals surface area (Å²) in [4.78, 5) is 12.1. The Morgan fingerprint density at radius 2 is 1.84 bits per heavy atom. The van der Waals surface area contributed by atoms with Gasteiger partial charge in [-0.3, -0.25) is 0 Å². The summed E-state index contributed by atoms with van der Waals surface area (Å²) in [5.41, 5.74) is 4.49. The Bertz CT molecular complexity index is 850. The second-order valence-corrected chi connectivity index (χ2v) is 5.76. The Morgan fingerprint density at radius 3 is 2.56 bits per heavy atom. The predicted molar refractivity (Wildman–Crippen MR) is 95.2 cm³/mol. The molecule has 4 nitrogen and oxygen atoms in total. The summed E-state index contributed by atoms with van der Waals surface area (Å²) >= 11 is 0. The molecule has 0 bridgehead atoms. The molecule has 0 unspecified atom stereocenters. The standard InChI is InChI=1S/C21H20O4/c1-15-6-3-4-8-18(15)20-12-16(9-10-19(20)21(22)23-2)13-24-14-17-7-5-11-25-17/h3-12H,13-14H2,1-2H3. The van der Waals surface area contributed by atoms with Crippen LogP contribution < -0.4 is 0 Å². The average Bonchev–Trinajstić information content (AvgIpc) is 3.15. The molecule has 0 amide bonds. The van der Waals surface area contributed by atoms with Crippen molar-refractivity contribution >= 4 is 5.97 Å². The van der Waals surface area contributed by atoms with Crippen molar-refractivity contribution in [1.29, 1.82) is 0 Å². The highest BCUT2D eigenvalue weighted by Crippen LogP contribution is 2.29. The minimum atomic E-state index is -0.346. The Hall–Kier alpha value is -2.85. The number of hydrogen-bond acceptors (Lipinski definition) is 4. The van der Waals surface area contributed by atoms with E-state index < -0.39 is 0 Å². The van der Waals surface area contributed by atoms with E-state index in [0.717, 1.165) is 28.0 Å². The number of benzene rings is 2. The molecule has 3 aromatic rings. The number of carbonyl (C=O) groups is 1. The Balaban J connectivity index is 1.87. The van der Waals surface area contributed by atoms with Crippen molar-refractivity contribution in [3.63, 3.8) is 0 Å². The van der Waals surface area contributed by atoms with Crippen LogP contribution in [0.15, 0.2) is 65.3 Å². The molecule has 1 heterocycles. The number of ether oxygens (including phenoxy) is 2. The van der Waals surface area contributed by atoms with Gasteiger partial charge in [-0.1, -0.05) is 30.3 Å². The molecule has 0 radical (unpaired) electrons. The molecular weight excluding hydrogens is 316 g/mol. The quantitative estimate of drug-likeness (QED) is 0.609. The van der Waals surface area contributed by atoms with Crippen LogP contribution in [0.1, 0.15) is 27.2 Å². The highest BCUT2D eigenvalue weighted by molar-refractivity contribution is 5.97. The van der Waals surface area contributed by atoms with Crippen LogP contribution >= 0.6 is 0 Å². The maximum Gasteiger partial charge on any atom is 0.338 e. The second-order valence-electron chi connectivity index (χ2n) is 5.76. The predicted octanol–water partition coefficient (Wildman–Crippen LogP) is 4.76. The van der Waals surface area contributed by atoms with Gasteiger partial charge in [0.25, 0.3) is 0 Å². The van der Waals surface area contributed by atoms with Crippen LogP contribution in [0.25, 0.3) is 11.1 Å². The molecule has 0 saturated heterocycles. The fourth-order valence-corrected chi connectivity index (χ4v) is 2.73. The van der Waals surface area contributed by atoms with Gasteiger partial charge in [0, 0.05) is 0 Å². The van der Waals surface area contributed by atoms with Gasteiger partial charge in [-0.2, -0.15) is 0 Å². The first-order valence-corrected chi connectivity index (χ1v) is 8.06. The summed E-state index contributed by atoms with van der Waals surface area (Å²) < 4.78 is 15.9. The lowest BCUT2D eigenvalue weighted by Crippen LogP contribution is -2.05. The van der Waals surface area contributed by atoms with Crippen molar-refractivity contribution in [2.75, 3.05) is 7.11 Å². The molecule has 0 aliphatic rings. The van der Waals surface area contributed by atoms with E-state index >= 15 is 0 Å². The molecule has 3 rings (SSSR count). The summed E-state index contributed by atoms with van der Waals surface area (Å²) in [7, 11) is 1.39. The lowest BCUT2D eigenvalue weighted by molar-refractivity contribution is 0.0601. The Morgan fingerprint density at radius 1 is 1.00 bits per heavy atom. The molecule has 0 aliphatic heterocycles. The van der Waals surface area contributed by atoms with E-state index in [4.69, 9.17) is 13.9 Å². The van der Waals surface area contributed by atoms with Gasteiger partial charge in [-0.25, -0.2) is 4.79 Å². The fourth-order valence-electron chi connectivity index (χ4n) is 2.73. The monoisotopic (exact) mass is 336 g/mol. The number of esters is 1. The third-order valence-electron chi connectivity index (χ3n) is 4.02. The maximum absolute atomic E-state index is 12.1. The summed E-state index contributed by atoms with van der Waals surface area (Å²) in [6.45, 7) is 2.86. The van der Waals surface area contributed by atoms with Crippen LogP contribution in [0, 0.1) is 6.92 Å². The van der Waals surface area contributed by atoms with Crippen molar-refractivity contribution in [2.24, 2.45) is 0 Å². The summed E-state index contributed by atoms with van der Waals surface area (Å²) in [6.07, 6.45) is 1.63. The van der Waals surface area contributed by atoms with Crippen LogP contribution in [0.5, 0.6) is 0 Å². The lowest BCUT2D eigenvalue weighted by atomic mass is 9.94. The zero-order valence-electron chi connectivity index (χ0n) is 14.3. The van der Waals surface area contributed by atoms with E-state index in [1.54, 1.807) is 12.3 Å². The van der Waals surface area contributed by atoms with Crippen molar-refractivity contribution in [1.82, 2.24) is 0 Å². The molecule has 1 aromatic heterocycles. The van der Waals surface area contributed by atoms with Gasteiger partial charge in [-0.15, -0.1) is 0 Å². The Kier molecular flexibility index (Phi) is 5.31. The van der Waals surface area contributed by atoms with Crippen molar-refractivity contribution < 1.29 is 18.7 Å². The molecule has 4 heteroatoms. The van der Waals surface area contributed by atoms with E-state index in [0.29, 0.717) is 18.8 Å².